The second kappa shape index (κ2) is 11.1. The summed E-state index contributed by atoms with van der Waals surface area (Å²) in [6, 6.07) is 2.93. The number of hydrogen-bond acceptors (Lipinski definition) is 7. The van der Waals surface area contributed by atoms with Crippen LogP contribution in [0.5, 0.6) is 5.75 Å². The van der Waals surface area contributed by atoms with Gasteiger partial charge >= 0.3 is 5.97 Å². The van der Waals surface area contributed by atoms with Gasteiger partial charge in [0.25, 0.3) is 5.91 Å². The van der Waals surface area contributed by atoms with E-state index in [1.807, 2.05) is 0 Å². The van der Waals surface area contributed by atoms with Crippen molar-refractivity contribution >= 4 is 65.3 Å². The van der Waals surface area contributed by atoms with Gasteiger partial charge in [0, 0.05) is 11.4 Å². The van der Waals surface area contributed by atoms with E-state index in [1.54, 1.807) is 12.3 Å². The molecule has 0 radical (unpaired) electrons. The number of ether oxygens (including phenoxy) is 2. The minimum absolute atomic E-state index is 0. The lowest BCUT2D eigenvalue weighted by Gasteiger charge is -2.10. The first-order valence-electron chi connectivity index (χ1n) is 6.99. The zero-order valence-corrected chi connectivity index (χ0v) is 17.1. The van der Waals surface area contributed by atoms with Gasteiger partial charge in [-0.15, -0.1) is 36.2 Å². The topological polar surface area (TPSA) is 104 Å². The van der Waals surface area contributed by atoms with Crippen molar-refractivity contribution in [3.63, 3.8) is 0 Å². The van der Waals surface area contributed by atoms with Crippen molar-refractivity contribution < 1.29 is 19.1 Å². The smallest absolute Gasteiger partial charge is 0.357 e. The number of nitrogens with two attached hydrogens (primary N) is 1. The summed E-state index contributed by atoms with van der Waals surface area (Å²) < 4.78 is 10.0. The van der Waals surface area contributed by atoms with Gasteiger partial charge in [-0.05, 0) is 13.0 Å². The Balaban J connectivity index is 0.00000312. The molecule has 1 aromatic heterocycles. The standard InChI is InChI=1S/C15H16ClN3O4S.2ClH/c1-3-23-15(21)11-7-24-13(19-11)6-18-14(20)8-4-9(16)10(17)5-12(8)22-2;;/h4-5,7H,3,6,17H2,1-2H3,(H,18,20);2*1H. The molecule has 2 aromatic rings. The van der Waals surface area contributed by atoms with E-state index in [-0.39, 0.29) is 60.2 Å². The van der Waals surface area contributed by atoms with Crippen LogP contribution in [0.2, 0.25) is 5.02 Å². The number of halogens is 3. The Morgan fingerprint density at radius 2 is 2.04 bits per heavy atom. The van der Waals surface area contributed by atoms with Crippen molar-refractivity contribution in [2.45, 2.75) is 13.5 Å². The van der Waals surface area contributed by atoms with Crippen LogP contribution in [0.25, 0.3) is 0 Å². The summed E-state index contributed by atoms with van der Waals surface area (Å²) in [4.78, 5) is 28.0. The number of carbonyl (C=O) groups is 2. The second-order valence-corrected chi connectivity index (χ2v) is 5.95. The largest absolute Gasteiger partial charge is 0.496 e. The van der Waals surface area contributed by atoms with Crippen LogP contribution in [0.3, 0.4) is 0 Å². The molecule has 144 valence electrons. The molecule has 3 N–H and O–H groups in total. The number of rotatable bonds is 6. The minimum atomic E-state index is -0.488. The molecule has 1 heterocycles. The molecule has 1 amide bonds. The maximum absolute atomic E-state index is 12.3. The van der Waals surface area contributed by atoms with Crippen LogP contribution in [-0.4, -0.2) is 30.6 Å². The first kappa shape index (κ1) is 24.3. The summed E-state index contributed by atoms with van der Waals surface area (Å²) in [6.07, 6.45) is 0. The van der Waals surface area contributed by atoms with Crippen molar-refractivity contribution in [1.29, 1.82) is 0 Å². The van der Waals surface area contributed by atoms with E-state index in [0.717, 1.165) is 0 Å². The van der Waals surface area contributed by atoms with E-state index in [0.29, 0.717) is 16.4 Å². The summed E-state index contributed by atoms with van der Waals surface area (Å²) in [5.74, 6) is -0.555. The maximum Gasteiger partial charge on any atom is 0.357 e. The van der Waals surface area contributed by atoms with Crippen LogP contribution in [0, 0.1) is 0 Å². The van der Waals surface area contributed by atoms with E-state index >= 15 is 0 Å². The minimum Gasteiger partial charge on any atom is -0.496 e. The Kier molecular flexibility index (Phi) is 10.3. The summed E-state index contributed by atoms with van der Waals surface area (Å²) >= 11 is 7.20. The molecule has 0 aliphatic carbocycles. The number of thiazole rings is 1. The summed E-state index contributed by atoms with van der Waals surface area (Å²) in [5, 5.41) is 5.12. The molecule has 26 heavy (non-hydrogen) atoms. The molecule has 0 unspecified atom stereocenters. The molecule has 1 aromatic carbocycles. The average molecular weight is 443 g/mol. The molecule has 0 saturated heterocycles. The predicted octanol–water partition coefficient (Wildman–Crippen LogP) is 3.34. The summed E-state index contributed by atoms with van der Waals surface area (Å²) in [6.45, 7) is 2.16. The summed E-state index contributed by atoms with van der Waals surface area (Å²) in [7, 11) is 1.44. The van der Waals surface area contributed by atoms with E-state index in [9.17, 15) is 9.59 Å². The van der Waals surface area contributed by atoms with E-state index in [1.165, 1.54) is 30.6 Å². The molecular formula is C15H18Cl3N3O4S. The van der Waals surface area contributed by atoms with E-state index in [2.05, 4.69) is 10.3 Å². The van der Waals surface area contributed by atoms with Gasteiger partial charge in [0.05, 0.1) is 36.5 Å². The zero-order valence-electron chi connectivity index (χ0n) is 13.9. The monoisotopic (exact) mass is 441 g/mol. The van der Waals surface area contributed by atoms with Gasteiger partial charge in [0.15, 0.2) is 5.69 Å². The Hall–Kier alpha value is -1.74. The Morgan fingerprint density at radius 3 is 2.65 bits per heavy atom. The SMILES string of the molecule is CCOC(=O)c1csc(CNC(=O)c2cc(Cl)c(N)cc2OC)n1.Cl.Cl. The number of amides is 1. The third kappa shape index (κ3) is 5.91. The number of esters is 1. The van der Waals surface area contributed by atoms with Gasteiger partial charge in [0.1, 0.15) is 10.8 Å². The Bertz CT molecular complexity index is 771. The molecule has 0 aliphatic rings. The van der Waals surface area contributed by atoms with Crippen LogP contribution in [0.15, 0.2) is 17.5 Å². The van der Waals surface area contributed by atoms with Crippen LogP contribution in [0.4, 0.5) is 5.69 Å². The second-order valence-electron chi connectivity index (χ2n) is 4.60. The van der Waals surface area contributed by atoms with E-state index < -0.39 is 5.97 Å². The highest BCUT2D eigenvalue weighted by Crippen LogP contribution is 2.28. The number of nitrogens with zero attached hydrogens (tertiary/aromatic N) is 1. The maximum atomic E-state index is 12.3. The van der Waals surface area contributed by atoms with Gasteiger partial charge in [-0.1, -0.05) is 11.6 Å². The number of nitrogens with one attached hydrogen (secondary N) is 1. The van der Waals surface area contributed by atoms with Gasteiger partial charge in [-0.25, -0.2) is 9.78 Å². The lowest BCUT2D eigenvalue weighted by Crippen LogP contribution is -2.23. The average Bonchev–Trinajstić information content (AvgIpc) is 3.04. The highest BCUT2D eigenvalue weighted by molar-refractivity contribution is 7.09. The molecule has 0 aliphatic heterocycles. The highest BCUT2D eigenvalue weighted by Gasteiger charge is 2.16. The van der Waals surface area contributed by atoms with Crippen LogP contribution in [0.1, 0.15) is 32.8 Å². The fourth-order valence-electron chi connectivity index (χ4n) is 1.86. The van der Waals surface area contributed by atoms with Gasteiger partial charge in [0.2, 0.25) is 0 Å². The van der Waals surface area contributed by atoms with Gasteiger partial charge in [-0.3, -0.25) is 4.79 Å². The van der Waals surface area contributed by atoms with Crippen molar-refractivity contribution in [1.82, 2.24) is 10.3 Å². The fourth-order valence-corrected chi connectivity index (χ4v) is 2.72. The molecule has 0 atom stereocenters. The Labute approximate surface area is 172 Å². The lowest BCUT2D eigenvalue weighted by atomic mass is 10.1. The molecule has 11 heteroatoms. The van der Waals surface area contributed by atoms with Crippen LogP contribution >= 0.6 is 47.8 Å². The fraction of sp³-hybridized carbons (Fsp3) is 0.267. The van der Waals surface area contributed by atoms with Crippen LogP contribution in [-0.2, 0) is 11.3 Å². The lowest BCUT2D eigenvalue weighted by molar-refractivity contribution is 0.0520. The molecule has 0 saturated carbocycles. The highest BCUT2D eigenvalue weighted by atomic mass is 35.5. The van der Waals surface area contributed by atoms with Crippen molar-refractivity contribution in [2.24, 2.45) is 0 Å². The van der Waals surface area contributed by atoms with E-state index in [4.69, 9.17) is 26.8 Å². The first-order valence-corrected chi connectivity index (χ1v) is 8.24. The molecule has 0 spiro atoms. The van der Waals surface area contributed by atoms with Crippen molar-refractivity contribution in [3.05, 3.63) is 38.8 Å². The third-order valence-corrected chi connectivity index (χ3v) is 4.18. The Morgan fingerprint density at radius 1 is 1.35 bits per heavy atom. The van der Waals surface area contributed by atoms with Gasteiger partial charge in [-0.2, -0.15) is 0 Å². The quantitative estimate of drug-likeness (QED) is 0.525. The molecule has 2 rings (SSSR count). The number of hydrogen-bond donors (Lipinski definition) is 2. The number of anilines is 1. The summed E-state index contributed by atoms with van der Waals surface area (Å²) in [5.41, 5.74) is 6.50. The zero-order chi connectivity index (χ0) is 17.7. The predicted molar refractivity (Wildman–Crippen MR) is 106 cm³/mol. The number of benzene rings is 1. The van der Waals surface area contributed by atoms with Crippen molar-refractivity contribution in [2.75, 3.05) is 19.5 Å². The normalized spacial score (nSPS) is 9.50. The molecular weight excluding hydrogens is 425 g/mol. The number of carbonyl (C=O) groups excluding carboxylic acids is 2. The number of aromatic nitrogens is 1. The molecule has 7 nitrogen and oxygen atoms in total. The van der Waals surface area contributed by atoms with Crippen molar-refractivity contribution in [3.8, 4) is 5.75 Å². The molecule has 0 fully saturated rings. The first-order chi connectivity index (χ1) is 11.5. The third-order valence-electron chi connectivity index (χ3n) is 3.00. The van der Waals surface area contributed by atoms with Crippen LogP contribution < -0.4 is 15.8 Å². The molecule has 0 bridgehead atoms. The van der Waals surface area contributed by atoms with Gasteiger partial charge < -0.3 is 20.5 Å². The number of methoxy groups -OCH3 is 1. The number of nitrogen functional groups attached to an aromatic ring is 1.